The van der Waals surface area contributed by atoms with Crippen LogP contribution in [-0.2, 0) is 6.54 Å². The van der Waals surface area contributed by atoms with Gasteiger partial charge in [-0.05, 0) is 37.4 Å². The number of anilines is 1. The van der Waals surface area contributed by atoms with Gasteiger partial charge in [-0.3, -0.25) is 4.90 Å². The van der Waals surface area contributed by atoms with E-state index in [-0.39, 0.29) is 0 Å². The lowest BCUT2D eigenvalue weighted by Crippen LogP contribution is -2.38. The highest BCUT2D eigenvalue weighted by molar-refractivity contribution is 5.38. The SMILES string of the molecule is CCC1(C)CCN(Cc2cccnc2N)CC1. The van der Waals surface area contributed by atoms with Crippen molar-refractivity contribution in [2.45, 2.75) is 39.7 Å². The zero-order valence-electron chi connectivity index (χ0n) is 10.9. The van der Waals surface area contributed by atoms with E-state index in [1.54, 1.807) is 6.20 Å². The van der Waals surface area contributed by atoms with Crippen molar-refractivity contribution in [1.29, 1.82) is 0 Å². The maximum Gasteiger partial charge on any atom is 0.127 e. The molecule has 2 N–H and O–H groups in total. The molecule has 0 aliphatic carbocycles. The van der Waals surface area contributed by atoms with E-state index in [1.807, 2.05) is 6.07 Å². The third-order valence-electron chi connectivity index (χ3n) is 4.24. The highest BCUT2D eigenvalue weighted by atomic mass is 15.1. The first kappa shape index (κ1) is 12.4. The van der Waals surface area contributed by atoms with Crippen LogP contribution in [0, 0.1) is 5.41 Å². The Morgan fingerprint density at radius 3 is 2.71 bits per heavy atom. The summed E-state index contributed by atoms with van der Waals surface area (Å²) in [6.45, 7) is 8.01. The normalized spacial score (nSPS) is 20.4. The predicted octanol–water partition coefficient (Wildman–Crippen LogP) is 2.68. The van der Waals surface area contributed by atoms with Crippen LogP contribution in [0.1, 0.15) is 38.7 Å². The summed E-state index contributed by atoms with van der Waals surface area (Å²) in [6.07, 6.45) is 5.63. The molecule has 1 aliphatic rings. The van der Waals surface area contributed by atoms with Crippen LogP contribution in [0.25, 0.3) is 0 Å². The first-order chi connectivity index (χ1) is 8.13. The fourth-order valence-electron chi connectivity index (χ4n) is 2.43. The lowest BCUT2D eigenvalue weighted by Gasteiger charge is -2.39. The maximum absolute atomic E-state index is 5.88. The largest absolute Gasteiger partial charge is 0.383 e. The molecule has 94 valence electrons. The third kappa shape index (κ3) is 2.97. The topological polar surface area (TPSA) is 42.2 Å². The maximum atomic E-state index is 5.88. The highest BCUT2D eigenvalue weighted by Gasteiger charge is 2.28. The van der Waals surface area contributed by atoms with Gasteiger partial charge >= 0.3 is 0 Å². The lowest BCUT2D eigenvalue weighted by atomic mass is 9.78. The number of nitrogens with zero attached hydrogens (tertiary/aromatic N) is 2. The number of rotatable bonds is 3. The molecule has 1 aromatic rings. The molecule has 3 nitrogen and oxygen atoms in total. The van der Waals surface area contributed by atoms with Crippen LogP contribution in [0.4, 0.5) is 5.82 Å². The molecular formula is C14H23N3. The Balaban J connectivity index is 1.93. The Morgan fingerprint density at radius 2 is 2.12 bits per heavy atom. The van der Waals surface area contributed by atoms with E-state index < -0.39 is 0 Å². The molecule has 2 heterocycles. The van der Waals surface area contributed by atoms with Crippen molar-refractivity contribution >= 4 is 5.82 Å². The average Bonchev–Trinajstić information content (AvgIpc) is 2.35. The van der Waals surface area contributed by atoms with Gasteiger partial charge in [0.25, 0.3) is 0 Å². The standard InChI is InChI=1S/C14H23N3/c1-3-14(2)6-9-17(10-7-14)11-12-5-4-8-16-13(12)15/h4-5,8H,3,6-7,9-11H2,1-2H3,(H2,15,16). The Labute approximate surface area is 104 Å². The van der Waals surface area contributed by atoms with Crippen LogP contribution < -0.4 is 5.73 Å². The summed E-state index contributed by atoms with van der Waals surface area (Å²) in [6, 6.07) is 4.04. The Morgan fingerprint density at radius 1 is 1.41 bits per heavy atom. The molecule has 2 rings (SSSR count). The fourth-order valence-corrected chi connectivity index (χ4v) is 2.43. The van der Waals surface area contributed by atoms with E-state index in [0.29, 0.717) is 11.2 Å². The second-order valence-electron chi connectivity index (χ2n) is 5.49. The van der Waals surface area contributed by atoms with Gasteiger partial charge in [0, 0.05) is 18.3 Å². The molecule has 0 amide bonds. The Bertz CT molecular complexity index is 367. The van der Waals surface area contributed by atoms with Gasteiger partial charge in [0.05, 0.1) is 0 Å². The van der Waals surface area contributed by atoms with Gasteiger partial charge in [0.2, 0.25) is 0 Å². The summed E-state index contributed by atoms with van der Waals surface area (Å²) in [4.78, 5) is 6.63. The second kappa shape index (κ2) is 5.05. The number of likely N-dealkylation sites (tertiary alicyclic amines) is 1. The molecule has 0 saturated carbocycles. The molecule has 0 spiro atoms. The Hall–Kier alpha value is -1.09. The number of nitrogens with two attached hydrogens (primary N) is 1. The minimum atomic E-state index is 0.553. The van der Waals surface area contributed by atoms with Crippen molar-refractivity contribution in [3.8, 4) is 0 Å². The van der Waals surface area contributed by atoms with Gasteiger partial charge < -0.3 is 5.73 Å². The van der Waals surface area contributed by atoms with E-state index in [2.05, 4.69) is 29.8 Å². The summed E-state index contributed by atoms with van der Waals surface area (Å²) < 4.78 is 0. The summed E-state index contributed by atoms with van der Waals surface area (Å²) in [5.41, 5.74) is 7.59. The van der Waals surface area contributed by atoms with Crippen LogP contribution >= 0.6 is 0 Å². The quantitative estimate of drug-likeness (QED) is 0.872. The van der Waals surface area contributed by atoms with Crippen molar-refractivity contribution in [3.63, 3.8) is 0 Å². The molecule has 1 aliphatic heterocycles. The van der Waals surface area contributed by atoms with Crippen molar-refractivity contribution < 1.29 is 0 Å². The molecule has 1 saturated heterocycles. The fraction of sp³-hybridized carbons (Fsp3) is 0.643. The molecule has 3 heteroatoms. The summed E-state index contributed by atoms with van der Waals surface area (Å²) in [5.74, 6) is 0.677. The summed E-state index contributed by atoms with van der Waals surface area (Å²) >= 11 is 0. The van der Waals surface area contributed by atoms with Crippen LogP contribution in [-0.4, -0.2) is 23.0 Å². The summed E-state index contributed by atoms with van der Waals surface area (Å²) in [5, 5.41) is 0. The zero-order chi connectivity index (χ0) is 12.3. The van der Waals surface area contributed by atoms with E-state index in [0.717, 1.165) is 12.1 Å². The molecular weight excluding hydrogens is 210 g/mol. The lowest BCUT2D eigenvalue weighted by molar-refractivity contribution is 0.110. The van der Waals surface area contributed by atoms with Crippen LogP contribution in [0.5, 0.6) is 0 Å². The minimum Gasteiger partial charge on any atom is -0.383 e. The van der Waals surface area contributed by atoms with Crippen LogP contribution in [0.3, 0.4) is 0 Å². The van der Waals surface area contributed by atoms with Gasteiger partial charge in [-0.15, -0.1) is 0 Å². The predicted molar refractivity (Wildman–Crippen MR) is 71.6 cm³/mol. The molecule has 0 radical (unpaired) electrons. The van der Waals surface area contributed by atoms with E-state index in [9.17, 15) is 0 Å². The van der Waals surface area contributed by atoms with Gasteiger partial charge in [0.15, 0.2) is 0 Å². The van der Waals surface area contributed by atoms with Gasteiger partial charge in [0.1, 0.15) is 5.82 Å². The van der Waals surface area contributed by atoms with E-state index in [4.69, 9.17) is 5.73 Å². The number of nitrogen functional groups attached to an aromatic ring is 1. The van der Waals surface area contributed by atoms with Crippen molar-refractivity contribution in [2.75, 3.05) is 18.8 Å². The highest BCUT2D eigenvalue weighted by Crippen LogP contribution is 2.34. The van der Waals surface area contributed by atoms with Crippen LogP contribution in [0.15, 0.2) is 18.3 Å². The number of hydrogen-bond acceptors (Lipinski definition) is 3. The van der Waals surface area contributed by atoms with Gasteiger partial charge in [-0.25, -0.2) is 4.98 Å². The molecule has 1 fully saturated rings. The molecule has 0 atom stereocenters. The molecule has 0 unspecified atom stereocenters. The number of aromatic nitrogens is 1. The van der Waals surface area contributed by atoms with Gasteiger partial charge in [-0.1, -0.05) is 26.3 Å². The third-order valence-corrected chi connectivity index (χ3v) is 4.24. The number of piperidine rings is 1. The Kier molecular flexibility index (Phi) is 3.67. The van der Waals surface area contributed by atoms with E-state index in [1.165, 1.54) is 32.4 Å². The van der Waals surface area contributed by atoms with Gasteiger partial charge in [-0.2, -0.15) is 0 Å². The second-order valence-corrected chi connectivity index (χ2v) is 5.49. The summed E-state index contributed by atoms with van der Waals surface area (Å²) in [7, 11) is 0. The smallest absolute Gasteiger partial charge is 0.127 e. The first-order valence-corrected chi connectivity index (χ1v) is 6.55. The van der Waals surface area contributed by atoms with Crippen molar-refractivity contribution in [2.24, 2.45) is 5.41 Å². The molecule has 0 bridgehead atoms. The van der Waals surface area contributed by atoms with Crippen molar-refractivity contribution in [1.82, 2.24) is 9.88 Å². The molecule has 17 heavy (non-hydrogen) atoms. The van der Waals surface area contributed by atoms with Crippen molar-refractivity contribution in [3.05, 3.63) is 23.9 Å². The first-order valence-electron chi connectivity index (χ1n) is 6.55. The van der Waals surface area contributed by atoms with E-state index >= 15 is 0 Å². The monoisotopic (exact) mass is 233 g/mol. The number of pyridine rings is 1. The van der Waals surface area contributed by atoms with Crippen LogP contribution in [0.2, 0.25) is 0 Å². The average molecular weight is 233 g/mol. The zero-order valence-corrected chi connectivity index (χ0v) is 10.9. The minimum absolute atomic E-state index is 0.553. The number of hydrogen-bond donors (Lipinski definition) is 1. The molecule has 1 aromatic heterocycles. The molecule has 0 aromatic carbocycles.